The summed E-state index contributed by atoms with van der Waals surface area (Å²) in [4.78, 5) is 14.5. The van der Waals surface area contributed by atoms with Crippen LogP contribution in [0.1, 0.15) is 23.2 Å². The number of rotatable bonds is 3. The summed E-state index contributed by atoms with van der Waals surface area (Å²) in [6.07, 6.45) is 7.90. The first-order chi connectivity index (χ1) is 9.65. The predicted molar refractivity (Wildman–Crippen MR) is 82.2 cm³/mol. The van der Waals surface area contributed by atoms with E-state index in [9.17, 15) is 4.79 Å². The minimum atomic E-state index is 0.0461. The zero-order valence-corrected chi connectivity index (χ0v) is 12.2. The van der Waals surface area contributed by atoms with Gasteiger partial charge in [0.1, 0.15) is 0 Å². The molecule has 0 atom stereocenters. The number of nitrogens with zero attached hydrogens (tertiary/aromatic N) is 2. The lowest BCUT2D eigenvalue weighted by atomic mass is 10.1. The molecule has 0 unspecified atom stereocenters. The molecule has 3 nitrogen and oxygen atoms in total. The van der Waals surface area contributed by atoms with Crippen LogP contribution in [0.25, 0.3) is 10.9 Å². The van der Waals surface area contributed by atoms with Gasteiger partial charge in [0.05, 0.1) is 0 Å². The van der Waals surface area contributed by atoms with Crippen molar-refractivity contribution in [2.45, 2.75) is 12.8 Å². The number of allylic oxidation sites excluding steroid dienone is 1. The van der Waals surface area contributed by atoms with E-state index < -0.39 is 0 Å². The number of aromatic nitrogens is 1. The summed E-state index contributed by atoms with van der Waals surface area (Å²) in [5, 5.41) is 1.64. The second-order valence-electron chi connectivity index (χ2n) is 5.24. The van der Waals surface area contributed by atoms with E-state index in [1.807, 2.05) is 42.2 Å². The number of fused-ring (bicyclic) bond motifs is 1. The third-order valence-electron chi connectivity index (χ3n) is 3.80. The van der Waals surface area contributed by atoms with Crippen LogP contribution in [0.3, 0.4) is 0 Å². The van der Waals surface area contributed by atoms with Crippen molar-refractivity contribution in [2.75, 3.05) is 13.1 Å². The maximum Gasteiger partial charge on any atom is 0.189 e. The third-order valence-corrected chi connectivity index (χ3v) is 4.03. The average molecular weight is 289 g/mol. The zero-order valence-electron chi connectivity index (χ0n) is 11.5. The first kappa shape index (κ1) is 13.3. The summed E-state index contributed by atoms with van der Waals surface area (Å²) in [6.45, 7) is 2.10. The maximum atomic E-state index is 12.4. The summed E-state index contributed by atoms with van der Waals surface area (Å²) in [5.74, 6) is 0.0461. The highest BCUT2D eigenvalue weighted by Gasteiger charge is 2.13. The van der Waals surface area contributed by atoms with Gasteiger partial charge in [-0.1, -0.05) is 17.7 Å². The van der Waals surface area contributed by atoms with Crippen LogP contribution in [0.2, 0.25) is 5.02 Å². The van der Waals surface area contributed by atoms with Crippen LogP contribution in [0.4, 0.5) is 0 Å². The summed E-state index contributed by atoms with van der Waals surface area (Å²) < 4.78 is 1.94. The van der Waals surface area contributed by atoms with Crippen LogP contribution in [0, 0.1) is 0 Å². The number of hydrogen-bond acceptors (Lipinski definition) is 2. The Kier molecular flexibility index (Phi) is 3.53. The van der Waals surface area contributed by atoms with Crippen LogP contribution >= 0.6 is 11.6 Å². The molecule has 1 fully saturated rings. The minimum absolute atomic E-state index is 0.0461. The Morgan fingerprint density at radius 3 is 2.80 bits per heavy atom. The fourth-order valence-electron chi connectivity index (χ4n) is 2.71. The average Bonchev–Trinajstić information content (AvgIpc) is 3.05. The molecule has 1 aliphatic heterocycles. The Balaban J connectivity index is 1.91. The second-order valence-corrected chi connectivity index (χ2v) is 5.67. The first-order valence-electron chi connectivity index (χ1n) is 6.86. The molecule has 1 aliphatic rings. The lowest BCUT2D eigenvalue weighted by molar-refractivity contribution is 0.104. The van der Waals surface area contributed by atoms with Gasteiger partial charge in [0.2, 0.25) is 0 Å². The minimum Gasteiger partial charge on any atom is -0.377 e. The number of ketones is 1. The van der Waals surface area contributed by atoms with Gasteiger partial charge in [0, 0.05) is 60.1 Å². The van der Waals surface area contributed by atoms with Gasteiger partial charge in [-0.3, -0.25) is 4.79 Å². The van der Waals surface area contributed by atoms with Crippen molar-refractivity contribution in [3.8, 4) is 0 Å². The topological polar surface area (TPSA) is 25.2 Å². The van der Waals surface area contributed by atoms with Gasteiger partial charge in [-0.2, -0.15) is 0 Å². The van der Waals surface area contributed by atoms with Crippen molar-refractivity contribution < 1.29 is 4.79 Å². The quantitative estimate of drug-likeness (QED) is 0.637. The number of aryl methyl sites for hydroxylation is 1. The zero-order chi connectivity index (χ0) is 14.1. The lowest BCUT2D eigenvalue weighted by Crippen LogP contribution is -2.11. The predicted octanol–water partition coefficient (Wildman–Crippen LogP) is 3.62. The van der Waals surface area contributed by atoms with E-state index in [1.165, 1.54) is 12.8 Å². The van der Waals surface area contributed by atoms with Crippen LogP contribution < -0.4 is 0 Å². The molecule has 0 spiro atoms. The van der Waals surface area contributed by atoms with E-state index in [-0.39, 0.29) is 5.78 Å². The number of likely N-dealkylation sites (tertiary alicyclic amines) is 1. The van der Waals surface area contributed by atoms with E-state index in [4.69, 9.17) is 11.6 Å². The van der Waals surface area contributed by atoms with E-state index >= 15 is 0 Å². The molecule has 1 aromatic heterocycles. The van der Waals surface area contributed by atoms with Gasteiger partial charge in [-0.15, -0.1) is 0 Å². The molecule has 0 radical (unpaired) electrons. The largest absolute Gasteiger partial charge is 0.377 e. The molecule has 0 saturated carbocycles. The summed E-state index contributed by atoms with van der Waals surface area (Å²) in [6, 6.07) is 5.62. The Hall–Kier alpha value is -1.74. The van der Waals surface area contributed by atoms with Crippen molar-refractivity contribution in [1.82, 2.24) is 9.47 Å². The molecule has 1 aromatic carbocycles. The highest BCUT2D eigenvalue weighted by molar-refractivity contribution is 6.31. The number of benzene rings is 1. The Labute approximate surface area is 123 Å². The number of carbonyl (C=O) groups excluding carboxylic acids is 1. The number of halogens is 1. The monoisotopic (exact) mass is 288 g/mol. The van der Waals surface area contributed by atoms with Crippen LogP contribution in [0.5, 0.6) is 0 Å². The fraction of sp³-hybridized carbons (Fsp3) is 0.312. The molecular weight excluding hydrogens is 272 g/mol. The third kappa shape index (κ3) is 2.46. The lowest BCUT2D eigenvalue weighted by Gasteiger charge is -2.09. The SMILES string of the molecule is Cn1cc(C(=O)/C=C/N2CCCC2)c2ccc(Cl)cc21. The van der Waals surface area contributed by atoms with Gasteiger partial charge in [-0.05, 0) is 25.0 Å². The van der Waals surface area contributed by atoms with E-state index in [0.29, 0.717) is 5.02 Å². The number of carbonyl (C=O) groups is 1. The molecule has 0 N–H and O–H groups in total. The molecule has 0 amide bonds. The van der Waals surface area contributed by atoms with Crippen molar-refractivity contribution in [3.05, 3.63) is 47.3 Å². The van der Waals surface area contributed by atoms with Gasteiger partial charge in [-0.25, -0.2) is 0 Å². The maximum absolute atomic E-state index is 12.4. The Bertz CT molecular complexity index is 681. The normalized spacial score (nSPS) is 15.6. The second kappa shape index (κ2) is 5.33. The smallest absolute Gasteiger partial charge is 0.189 e. The Morgan fingerprint density at radius 1 is 1.30 bits per heavy atom. The van der Waals surface area contributed by atoms with Crippen molar-refractivity contribution >= 4 is 28.3 Å². The highest BCUT2D eigenvalue weighted by Crippen LogP contribution is 2.24. The molecule has 3 rings (SSSR count). The molecule has 1 saturated heterocycles. The van der Waals surface area contributed by atoms with Gasteiger partial charge >= 0.3 is 0 Å². The summed E-state index contributed by atoms with van der Waals surface area (Å²) in [5.41, 5.74) is 1.71. The van der Waals surface area contributed by atoms with Crippen LogP contribution in [0.15, 0.2) is 36.7 Å². The highest BCUT2D eigenvalue weighted by atomic mass is 35.5. The van der Waals surface area contributed by atoms with E-state index in [2.05, 4.69) is 4.90 Å². The summed E-state index contributed by atoms with van der Waals surface area (Å²) in [7, 11) is 1.93. The molecule has 4 heteroatoms. The van der Waals surface area contributed by atoms with E-state index in [0.717, 1.165) is 29.6 Å². The Morgan fingerprint density at radius 2 is 2.05 bits per heavy atom. The van der Waals surface area contributed by atoms with Crippen LogP contribution in [-0.4, -0.2) is 28.3 Å². The molecule has 104 valence electrons. The van der Waals surface area contributed by atoms with Crippen molar-refractivity contribution in [3.63, 3.8) is 0 Å². The summed E-state index contributed by atoms with van der Waals surface area (Å²) >= 11 is 6.01. The first-order valence-corrected chi connectivity index (χ1v) is 7.24. The van der Waals surface area contributed by atoms with E-state index in [1.54, 1.807) is 6.08 Å². The van der Waals surface area contributed by atoms with Gasteiger partial charge in [0.15, 0.2) is 5.78 Å². The van der Waals surface area contributed by atoms with Crippen LogP contribution in [-0.2, 0) is 7.05 Å². The molecule has 0 aliphatic carbocycles. The molecule has 2 heterocycles. The number of hydrogen-bond donors (Lipinski definition) is 0. The van der Waals surface area contributed by atoms with Crippen molar-refractivity contribution in [2.24, 2.45) is 7.05 Å². The fourth-order valence-corrected chi connectivity index (χ4v) is 2.87. The standard InChI is InChI=1S/C16H17ClN2O/c1-18-11-14(13-5-4-12(17)10-15(13)18)16(20)6-9-19-7-2-3-8-19/h4-6,9-11H,2-3,7-8H2,1H3/b9-6+. The molecule has 2 aromatic rings. The molecule has 20 heavy (non-hydrogen) atoms. The van der Waals surface area contributed by atoms with Gasteiger partial charge < -0.3 is 9.47 Å². The van der Waals surface area contributed by atoms with Crippen molar-refractivity contribution in [1.29, 1.82) is 0 Å². The van der Waals surface area contributed by atoms with Gasteiger partial charge in [0.25, 0.3) is 0 Å². The molecule has 0 bridgehead atoms. The molecular formula is C16H17ClN2O.